The van der Waals surface area contributed by atoms with Crippen LogP contribution in [-0.4, -0.2) is 18.9 Å². The maximum atomic E-state index is 12.7. The summed E-state index contributed by atoms with van der Waals surface area (Å²) in [6.45, 7) is 0. The molecule has 2 amide bonds. The fourth-order valence-electron chi connectivity index (χ4n) is 3.91. The summed E-state index contributed by atoms with van der Waals surface area (Å²) in [6.07, 6.45) is 3.70. The average molecular weight is 351 g/mol. The minimum Gasteiger partial charge on any atom is -0.493 e. The van der Waals surface area contributed by atoms with Crippen LogP contribution in [0.4, 0.5) is 5.69 Å². The quantitative estimate of drug-likeness (QED) is 0.776. The molecule has 1 saturated heterocycles. The fourth-order valence-corrected chi connectivity index (χ4v) is 3.91. The number of carbonyl (C=O) groups is 2. The maximum absolute atomic E-state index is 12.7. The highest BCUT2D eigenvalue weighted by Gasteiger charge is 2.48. The Bertz CT molecular complexity index is 806. The number of fused-ring (bicyclic) bond motifs is 1. The van der Waals surface area contributed by atoms with Gasteiger partial charge in [0, 0.05) is 0 Å². The largest absolute Gasteiger partial charge is 0.493 e. The molecule has 2 atom stereocenters. The highest BCUT2D eigenvalue weighted by atomic mass is 16.5. The zero-order chi connectivity index (χ0) is 18.1. The molecule has 2 aromatic carbocycles. The molecule has 1 aliphatic heterocycles. The molecule has 0 bridgehead atoms. The van der Waals surface area contributed by atoms with Gasteiger partial charge in [-0.2, -0.15) is 0 Å². The highest BCUT2D eigenvalue weighted by molar-refractivity contribution is 6.22. The molecule has 26 heavy (non-hydrogen) atoms. The predicted molar refractivity (Wildman–Crippen MR) is 97.5 cm³/mol. The summed E-state index contributed by atoms with van der Waals surface area (Å²) in [5.41, 5.74) is 0.613. The molecule has 134 valence electrons. The number of imide groups is 1. The van der Waals surface area contributed by atoms with Crippen LogP contribution in [0, 0.1) is 11.8 Å². The van der Waals surface area contributed by atoms with Crippen molar-refractivity contribution in [3.8, 4) is 17.2 Å². The van der Waals surface area contributed by atoms with E-state index in [4.69, 9.17) is 9.47 Å². The van der Waals surface area contributed by atoms with Crippen LogP contribution in [0.25, 0.3) is 0 Å². The Balaban J connectivity index is 1.54. The Hall–Kier alpha value is -2.82. The molecule has 0 spiro atoms. The number of para-hydroxylation sites is 2. The van der Waals surface area contributed by atoms with Crippen LogP contribution in [0.1, 0.15) is 25.7 Å². The summed E-state index contributed by atoms with van der Waals surface area (Å²) in [6, 6.07) is 14.5. The lowest BCUT2D eigenvalue weighted by atomic mass is 9.81. The molecule has 5 nitrogen and oxygen atoms in total. The zero-order valence-corrected chi connectivity index (χ0v) is 14.7. The summed E-state index contributed by atoms with van der Waals surface area (Å²) in [5, 5.41) is 0. The van der Waals surface area contributed by atoms with Crippen molar-refractivity contribution in [2.45, 2.75) is 25.7 Å². The number of amides is 2. The van der Waals surface area contributed by atoms with Crippen LogP contribution >= 0.6 is 0 Å². The van der Waals surface area contributed by atoms with Gasteiger partial charge < -0.3 is 9.47 Å². The molecule has 4 rings (SSSR count). The molecular weight excluding hydrogens is 330 g/mol. The van der Waals surface area contributed by atoms with Gasteiger partial charge in [0.15, 0.2) is 11.5 Å². The van der Waals surface area contributed by atoms with Crippen LogP contribution in [-0.2, 0) is 9.59 Å². The summed E-state index contributed by atoms with van der Waals surface area (Å²) < 4.78 is 11.1. The molecule has 2 aliphatic rings. The third-order valence-electron chi connectivity index (χ3n) is 5.23. The second kappa shape index (κ2) is 6.83. The Morgan fingerprint density at radius 1 is 0.846 bits per heavy atom. The van der Waals surface area contributed by atoms with Gasteiger partial charge in [0.05, 0.1) is 24.6 Å². The lowest BCUT2D eigenvalue weighted by Crippen LogP contribution is -2.30. The monoisotopic (exact) mass is 351 g/mol. The van der Waals surface area contributed by atoms with E-state index in [9.17, 15) is 9.59 Å². The van der Waals surface area contributed by atoms with E-state index in [1.807, 2.05) is 24.3 Å². The average Bonchev–Trinajstić information content (AvgIpc) is 2.94. The van der Waals surface area contributed by atoms with Gasteiger partial charge in [-0.1, -0.05) is 25.0 Å². The van der Waals surface area contributed by atoms with Crippen molar-refractivity contribution >= 4 is 17.5 Å². The predicted octanol–water partition coefficient (Wildman–Crippen LogP) is 4.17. The molecule has 0 aromatic heterocycles. The van der Waals surface area contributed by atoms with Crippen LogP contribution < -0.4 is 14.4 Å². The Labute approximate surface area is 152 Å². The number of ether oxygens (including phenoxy) is 2. The number of methoxy groups -OCH3 is 1. The van der Waals surface area contributed by atoms with Gasteiger partial charge in [-0.25, -0.2) is 0 Å². The van der Waals surface area contributed by atoms with Crippen molar-refractivity contribution in [3.63, 3.8) is 0 Å². The first-order chi connectivity index (χ1) is 12.7. The Kier molecular flexibility index (Phi) is 4.37. The smallest absolute Gasteiger partial charge is 0.237 e. The second-order valence-corrected chi connectivity index (χ2v) is 6.76. The van der Waals surface area contributed by atoms with Crippen molar-refractivity contribution in [2.75, 3.05) is 12.0 Å². The number of nitrogens with zero attached hydrogens (tertiary/aromatic N) is 1. The number of carbonyl (C=O) groups excluding carboxylic acids is 2. The number of anilines is 1. The number of hydrogen-bond donors (Lipinski definition) is 0. The summed E-state index contributed by atoms with van der Waals surface area (Å²) in [7, 11) is 1.59. The minimum absolute atomic E-state index is 0.0573. The standard InChI is InChI=1S/C21H21NO4/c1-25-18-8-4-5-9-19(18)26-15-12-10-14(11-13-15)22-20(23)16-6-2-3-7-17(16)21(22)24/h4-5,8-13,16-17H,2-3,6-7H2,1H3/t16-,17-/m1/s1. The summed E-state index contributed by atoms with van der Waals surface area (Å²) in [4.78, 5) is 26.7. The van der Waals surface area contributed by atoms with Crippen molar-refractivity contribution in [2.24, 2.45) is 11.8 Å². The third-order valence-corrected chi connectivity index (χ3v) is 5.23. The van der Waals surface area contributed by atoms with E-state index in [-0.39, 0.29) is 23.7 Å². The third kappa shape index (κ3) is 2.83. The zero-order valence-electron chi connectivity index (χ0n) is 14.7. The van der Waals surface area contributed by atoms with Crippen LogP contribution in [0.5, 0.6) is 17.2 Å². The van der Waals surface area contributed by atoms with Crippen LogP contribution in [0.15, 0.2) is 48.5 Å². The van der Waals surface area contributed by atoms with E-state index in [1.54, 1.807) is 31.4 Å². The van der Waals surface area contributed by atoms with E-state index in [0.29, 0.717) is 22.9 Å². The van der Waals surface area contributed by atoms with E-state index < -0.39 is 0 Å². The molecule has 5 heteroatoms. The van der Waals surface area contributed by atoms with Gasteiger partial charge in [-0.05, 0) is 49.2 Å². The summed E-state index contributed by atoms with van der Waals surface area (Å²) in [5.74, 6) is 1.49. The number of benzene rings is 2. The van der Waals surface area contributed by atoms with Gasteiger partial charge in [0.25, 0.3) is 0 Å². The lowest BCUT2D eigenvalue weighted by molar-refractivity contribution is -0.122. The fraction of sp³-hybridized carbons (Fsp3) is 0.333. The molecule has 0 unspecified atom stereocenters. The van der Waals surface area contributed by atoms with Gasteiger partial charge in [-0.15, -0.1) is 0 Å². The van der Waals surface area contributed by atoms with Crippen molar-refractivity contribution in [1.29, 1.82) is 0 Å². The number of rotatable bonds is 4. The summed E-state index contributed by atoms with van der Waals surface area (Å²) >= 11 is 0. The molecule has 1 aliphatic carbocycles. The van der Waals surface area contributed by atoms with Gasteiger partial charge in [0.2, 0.25) is 11.8 Å². The van der Waals surface area contributed by atoms with E-state index in [1.165, 1.54) is 4.90 Å². The highest BCUT2D eigenvalue weighted by Crippen LogP contribution is 2.40. The molecule has 0 radical (unpaired) electrons. The van der Waals surface area contributed by atoms with Crippen molar-refractivity contribution < 1.29 is 19.1 Å². The Morgan fingerprint density at radius 2 is 1.42 bits per heavy atom. The lowest BCUT2D eigenvalue weighted by Gasteiger charge is -2.19. The van der Waals surface area contributed by atoms with Crippen molar-refractivity contribution in [1.82, 2.24) is 0 Å². The van der Waals surface area contributed by atoms with Crippen LogP contribution in [0.2, 0.25) is 0 Å². The maximum Gasteiger partial charge on any atom is 0.237 e. The van der Waals surface area contributed by atoms with Gasteiger partial charge in [0.1, 0.15) is 5.75 Å². The van der Waals surface area contributed by atoms with Gasteiger partial charge in [-0.3, -0.25) is 14.5 Å². The second-order valence-electron chi connectivity index (χ2n) is 6.76. The van der Waals surface area contributed by atoms with E-state index >= 15 is 0 Å². The first kappa shape index (κ1) is 16.6. The van der Waals surface area contributed by atoms with E-state index in [0.717, 1.165) is 25.7 Å². The molecule has 1 heterocycles. The normalized spacial score (nSPS) is 22.3. The first-order valence-electron chi connectivity index (χ1n) is 8.98. The van der Waals surface area contributed by atoms with Crippen LogP contribution in [0.3, 0.4) is 0 Å². The first-order valence-corrected chi connectivity index (χ1v) is 8.98. The van der Waals surface area contributed by atoms with Gasteiger partial charge >= 0.3 is 0 Å². The molecule has 2 aromatic rings. The number of hydrogen-bond acceptors (Lipinski definition) is 4. The van der Waals surface area contributed by atoms with E-state index in [2.05, 4.69) is 0 Å². The molecule has 1 saturated carbocycles. The minimum atomic E-state index is -0.138. The van der Waals surface area contributed by atoms with Crippen molar-refractivity contribution in [3.05, 3.63) is 48.5 Å². The Morgan fingerprint density at radius 3 is 2.00 bits per heavy atom. The molecule has 2 fully saturated rings. The SMILES string of the molecule is COc1ccccc1Oc1ccc(N2C(=O)[C@@H]3CCCC[C@H]3C2=O)cc1. The topological polar surface area (TPSA) is 55.8 Å². The molecular formula is C21H21NO4. The molecule has 0 N–H and O–H groups in total.